The molecule has 8 heteroatoms. The number of thioether (sulfide) groups is 1. The van der Waals surface area contributed by atoms with Crippen LogP contribution >= 0.6 is 11.8 Å². The lowest BCUT2D eigenvalue weighted by molar-refractivity contribution is 0.137. The van der Waals surface area contributed by atoms with E-state index in [0.717, 1.165) is 0 Å². The number of aromatic nitrogens is 2. The molecule has 0 unspecified atom stereocenters. The van der Waals surface area contributed by atoms with E-state index in [2.05, 4.69) is 10.3 Å². The van der Waals surface area contributed by atoms with Crippen molar-refractivity contribution >= 4 is 17.4 Å². The Kier molecular flexibility index (Phi) is 3.79. The number of hydrogen-bond donors (Lipinski definition) is 4. The number of rotatable bonds is 3. The maximum Gasteiger partial charge on any atom is 0.329 e. The number of anilines is 1. The maximum atomic E-state index is 11.7. The van der Waals surface area contributed by atoms with Crippen molar-refractivity contribution in [3.63, 3.8) is 0 Å². The van der Waals surface area contributed by atoms with E-state index in [4.69, 9.17) is 5.11 Å². The minimum absolute atomic E-state index is 0.140. The molecular weight excluding hydrogens is 258 g/mol. The average molecular weight is 273 g/mol. The van der Waals surface area contributed by atoms with E-state index in [1.165, 1.54) is 22.5 Å². The molecular formula is C10H15N3O4S. The number of aliphatic hydroxyl groups excluding tert-OH is 2. The molecule has 100 valence electrons. The highest BCUT2D eigenvalue weighted by molar-refractivity contribution is 8.00. The lowest BCUT2D eigenvalue weighted by Gasteiger charge is -2.13. The molecule has 1 aromatic rings. The molecule has 1 aliphatic heterocycles. The Hall–Kier alpha value is -1.25. The summed E-state index contributed by atoms with van der Waals surface area (Å²) in [6.07, 6.45) is 1.15. The third kappa shape index (κ3) is 2.31. The van der Waals surface area contributed by atoms with Crippen molar-refractivity contribution in [3.05, 3.63) is 27.0 Å². The average Bonchev–Trinajstić information content (AvgIpc) is 2.70. The van der Waals surface area contributed by atoms with Gasteiger partial charge in [0, 0.05) is 19.7 Å². The second-order valence-corrected chi connectivity index (χ2v) is 5.50. The first kappa shape index (κ1) is 13.2. The number of aromatic amines is 1. The van der Waals surface area contributed by atoms with E-state index in [1.807, 2.05) is 0 Å². The molecule has 2 rings (SSSR count). The zero-order valence-corrected chi connectivity index (χ0v) is 10.6. The van der Waals surface area contributed by atoms with E-state index >= 15 is 0 Å². The van der Waals surface area contributed by atoms with Gasteiger partial charge < -0.3 is 15.5 Å². The quantitative estimate of drug-likeness (QED) is 0.559. The fraction of sp³-hybridized carbons (Fsp3) is 0.600. The van der Waals surface area contributed by atoms with Crippen LogP contribution in [0.25, 0.3) is 0 Å². The monoisotopic (exact) mass is 273 g/mol. The highest BCUT2D eigenvalue weighted by Crippen LogP contribution is 2.40. The van der Waals surface area contributed by atoms with Gasteiger partial charge in [-0.2, -0.15) is 0 Å². The molecule has 0 spiro atoms. The predicted octanol–water partition coefficient (Wildman–Crippen LogP) is -1.06. The third-order valence-electron chi connectivity index (χ3n) is 2.93. The summed E-state index contributed by atoms with van der Waals surface area (Å²) >= 11 is 1.32. The van der Waals surface area contributed by atoms with Gasteiger partial charge in [0.25, 0.3) is 5.56 Å². The molecule has 7 nitrogen and oxygen atoms in total. The van der Waals surface area contributed by atoms with E-state index in [9.17, 15) is 14.7 Å². The molecule has 0 aliphatic carbocycles. The molecule has 3 atom stereocenters. The molecule has 0 aromatic carbocycles. The van der Waals surface area contributed by atoms with Gasteiger partial charge in [-0.25, -0.2) is 4.79 Å². The fourth-order valence-electron chi connectivity index (χ4n) is 1.93. The van der Waals surface area contributed by atoms with Gasteiger partial charge in [-0.3, -0.25) is 14.3 Å². The van der Waals surface area contributed by atoms with Gasteiger partial charge in [0.05, 0.1) is 23.3 Å². The molecule has 1 fully saturated rings. The summed E-state index contributed by atoms with van der Waals surface area (Å²) in [5.74, 6) is 0. The fourth-order valence-corrected chi connectivity index (χ4v) is 3.31. The zero-order chi connectivity index (χ0) is 13.3. The first-order valence-corrected chi connectivity index (χ1v) is 6.48. The molecule has 4 N–H and O–H groups in total. The second-order valence-electron chi connectivity index (χ2n) is 4.07. The van der Waals surface area contributed by atoms with Crippen molar-refractivity contribution in [1.29, 1.82) is 0 Å². The van der Waals surface area contributed by atoms with E-state index in [1.54, 1.807) is 7.05 Å². The summed E-state index contributed by atoms with van der Waals surface area (Å²) in [5.41, 5.74) is -0.694. The Morgan fingerprint density at radius 1 is 1.61 bits per heavy atom. The summed E-state index contributed by atoms with van der Waals surface area (Å²) < 4.78 is 1.37. The molecule has 1 aromatic heterocycles. The molecule has 1 saturated heterocycles. The van der Waals surface area contributed by atoms with Gasteiger partial charge in [-0.15, -0.1) is 11.8 Å². The first-order chi connectivity index (χ1) is 8.56. The smallest absolute Gasteiger partial charge is 0.329 e. The van der Waals surface area contributed by atoms with Crippen molar-refractivity contribution in [2.75, 3.05) is 19.0 Å². The van der Waals surface area contributed by atoms with Crippen LogP contribution < -0.4 is 16.6 Å². The van der Waals surface area contributed by atoms with Crippen molar-refractivity contribution < 1.29 is 10.2 Å². The second kappa shape index (κ2) is 5.17. The zero-order valence-electron chi connectivity index (χ0n) is 9.79. The number of nitrogens with one attached hydrogen (secondary N) is 2. The van der Waals surface area contributed by atoms with Crippen molar-refractivity contribution in [3.8, 4) is 0 Å². The number of nitrogens with zero attached hydrogens (tertiary/aromatic N) is 1. The highest BCUT2D eigenvalue weighted by Gasteiger charge is 2.34. The van der Waals surface area contributed by atoms with Gasteiger partial charge in [-0.05, 0) is 0 Å². The Balaban J connectivity index is 2.35. The minimum atomic E-state index is -0.651. The minimum Gasteiger partial charge on any atom is -0.395 e. The van der Waals surface area contributed by atoms with E-state index in [0.29, 0.717) is 6.42 Å². The van der Waals surface area contributed by atoms with E-state index in [-0.39, 0.29) is 22.9 Å². The molecule has 0 radical (unpaired) electrons. The number of aliphatic hydroxyl groups is 2. The number of hydrogen-bond acceptors (Lipinski definition) is 6. The van der Waals surface area contributed by atoms with Crippen LogP contribution in [0.4, 0.5) is 5.69 Å². The summed E-state index contributed by atoms with van der Waals surface area (Å²) in [4.78, 5) is 25.3. The topological polar surface area (TPSA) is 107 Å². The van der Waals surface area contributed by atoms with Crippen LogP contribution in [0.5, 0.6) is 0 Å². The third-order valence-corrected chi connectivity index (χ3v) is 4.48. The Labute approximate surface area is 107 Å². The van der Waals surface area contributed by atoms with Crippen LogP contribution in [0.2, 0.25) is 0 Å². The van der Waals surface area contributed by atoms with Crippen LogP contribution in [-0.4, -0.2) is 44.8 Å². The van der Waals surface area contributed by atoms with Gasteiger partial charge in [0.15, 0.2) is 0 Å². The Bertz CT molecular complexity index is 541. The van der Waals surface area contributed by atoms with Crippen LogP contribution in [0.1, 0.15) is 11.8 Å². The largest absolute Gasteiger partial charge is 0.395 e. The molecule has 0 saturated carbocycles. The van der Waals surface area contributed by atoms with Crippen molar-refractivity contribution in [2.24, 2.45) is 0 Å². The molecule has 0 amide bonds. The van der Waals surface area contributed by atoms with Crippen LogP contribution in [0, 0.1) is 0 Å². The highest BCUT2D eigenvalue weighted by atomic mass is 32.2. The van der Waals surface area contributed by atoms with Crippen LogP contribution in [-0.2, 0) is 0 Å². The van der Waals surface area contributed by atoms with E-state index < -0.39 is 17.4 Å². The van der Waals surface area contributed by atoms with Gasteiger partial charge >= 0.3 is 5.69 Å². The molecule has 18 heavy (non-hydrogen) atoms. The van der Waals surface area contributed by atoms with Crippen LogP contribution in [0.15, 0.2) is 15.8 Å². The molecule has 0 bridgehead atoms. The van der Waals surface area contributed by atoms with Crippen molar-refractivity contribution in [1.82, 2.24) is 9.55 Å². The predicted molar refractivity (Wildman–Crippen MR) is 69.0 cm³/mol. The van der Waals surface area contributed by atoms with Crippen molar-refractivity contribution in [2.45, 2.75) is 23.1 Å². The standard InChI is InChI=1S/C10H15N3O4S/c1-11-5-3-13(10(17)12-9(5)16)8-2-6(15)7(4-14)18-8/h3,6-8,11,14-15H,2,4H2,1H3,(H,12,16,17)/t6-,7+,8+/m0/s1. The summed E-state index contributed by atoms with van der Waals surface area (Å²) in [5, 5.41) is 20.9. The van der Waals surface area contributed by atoms with Crippen LogP contribution in [0.3, 0.4) is 0 Å². The van der Waals surface area contributed by atoms with Gasteiger partial charge in [0.1, 0.15) is 5.69 Å². The molecule has 2 heterocycles. The Morgan fingerprint density at radius 3 is 2.89 bits per heavy atom. The Morgan fingerprint density at radius 2 is 2.33 bits per heavy atom. The van der Waals surface area contributed by atoms with Gasteiger partial charge in [0.2, 0.25) is 0 Å². The summed E-state index contributed by atoms with van der Waals surface area (Å²) in [6, 6.07) is 0. The SMILES string of the molecule is CNc1cn([C@H]2C[C@H](O)[C@@H](CO)S2)c(=O)[nH]c1=O. The molecule has 1 aliphatic rings. The summed E-state index contributed by atoms with van der Waals surface area (Å²) in [6.45, 7) is -0.140. The lowest BCUT2D eigenvalue weighted by atomic mass is 10.2. The first-order valence-electron chi connectivity index (χ1n) is 5.54. The summed E-state index contributed by atoms with van der Waals surface area (Å²) in [7, 11) is 1.59. The normalized spacial score (nSPS) is 27.4. The number of H-pyrrole nitrogens is 1. The van der Waals surface area contributed by atoms with Gasteiger partial charge in [-0.1, -0.05) is 0 Å². The maximum absolute atomic E-state index is 11.7. The lowest BCUT2D eigenvalue weighted by Crippen LogP contribution is -2.32.